The van der Waals surface area contributed by atoms with Gasteiger partial charge in [-0.1, -0.05) is 6.07 Å². The SMILES string of the molecule is COc1ccc(CC(Cc2ccsc2)NN)cc1Br. The smallest absolute Gasteiger partial charge is 0.133 e. The van der Waals surface area contributed by atoms with Gasteiger partial charge >= 0.3 is 0 Å². The number of hydrogen-bond donors (Lipinski definition) is 2. The molecular weight excluding hydrogens is 324 g/mol. The van der Waals surface area contributed by atoms with E-state index in [0.29, 0.717) is 0 Å². The lowest BCUT2D eigenvalue weighted by atomic mass is 10.0. The van der Waals surface area contributed by atoms with Crippen molar-refractivity contribution in [1.29, 1.82) is 0 Å². The number of halogens is 1. The lowest BCUT2D eigenvalue weighted by molar-refractivity contribution is 0.412. The fourth-order valence-corrected chi connectivity index (χ4v) is 3.27. The monoisotopic (exact) mass is 340 g/mol. The summed E-state index contributed by atoms with van der Waals surface area (Å²) in [7, 11) is 1.67. The second-order valence-electron chi connectivity index (χ2n) is 4.37. The first kappa shape index (κ1) is 14.5. The highest BCUT2D eigenvalue weighted by Gasteiger charge is 2.10. The molecule has 0 aliphatic carbocycles. The number of methoxy groups -OCH3 is 1. The average molecular weight is 341 g/mol. The van der Waals surface area contributed by atoms with Crippen molar-refractivity contribution in [2.24, 2.45) is 5.84 Å². The van der Waals surface area contributed by atoms with Crippen molar-refractivity contribution in [2.75, 3.05) is 7.11 Å². The largest absolute Gasteiger partial charge is 0.496 e. The highest BCUT2D eigenvalue weighted by atomic mass is 79.9. The van der Waals surface area contributed by atoms with Gasteiger partial charge in [0.1, 0.15) is 5.75 Å². The molecule has 0 bridgehead atoms. The van der Waals surface area contributed by atoms with E-state index in [1.165, 1.54) is 11.1 Å². The zero-order chi connectivity index (χ0) is 13.7. The van der Waals surface area contributed by atoms with Crippen LogP contribution < -0.4 is 16.0 Å². The predicted molar refractivity (Wildman–Crippen MR) is 83.5 cm³/mol. The molecule has 1 aromatic heterocycles. The normalized spacial score (nSPS) is 12.4. The minimum Gasteiger partial charge on any atom is -0.496 e. The number of hydrazine groups is 1. The topological polar surface area (TPSA) is 47.3 Å². The van der Waals surface area contributed by atoms with Crippen molar-refractivity contribution >= 4 is 27.3 Å². The van der Waals surface area contributed by atoms with Gasteiger partial charge in [0.2, 0.25) is 0 Å². The van der Waals surface area contributed by atoms with Gasteiger partial charge in [0.25, 0.3) is 0 Å². The van der Waals surface area contributed by atoms with Crippen LogP contribution in [0.25, 0.3) is 0 Å². The third-order valence-electron chi connectivity index (χ3n) is 3.00. The third kappa shape index (κ3) is 4.04. The highest BCUT2D eigenvalue weighted by Crippen LogP contribution is 2.26. The molecule has 3 nitrogen and oxygen atoms in total. The number of hydrogen-bond acceptors (Lipinski definition) is 4. The first-order valence-electron chi connectivity index (χ1n) is 6.02. The van der Waals surface area contributed by atoms with Gasteiger partial charge in [0.15, 0.2) is 0 Å². The Morgan fingerprint density at radius 3 is 2.68 bits per heavy atom. The van der Waals surface area contributed by atoms with Crippen molar-refractivity contribution < 1.29 is 4.74 Å². The van der Waals surface area contributed by atoms with Crippen LogP contribution in [0.3, 0.4) is 0 Å². The molecule has 19 heavy (non-hydrogen) atoms. The Labute approximate surface area is 125 Å². The molecule has 0 radical (unpaired) electrons. The van der Waals surface area contributed by atoms with Gasteiger partial charge in [-0.15, -0.1) is 0 Å². The minimum absolute atomic E-state index is 0.231. The van der Waals surface area contributed by atoms with Crippen LogP contribution in [-0.4, -0.2) is 13.2 Å². The third-order valence-corrected chi connectivity index (χ3v) is 4.35. The molecule has 3 N–H and O–H groups in total. The Morgan fingerprint density at radius 2 is 2.11 bits per heavy atom. The van der Waals surface area contributed by atoms with Crippen molar-refractivity contribution in [2.45, 2.75) is 18.9 Å². The number of nitrogens with one attached hydrogen (secondary N) is 1. The molecule has 0 spiro atoms. The van der Waals surface area contributed by atoms with Gasteiger partial charge in [-0.05, 0) is 68.9 Å². The van der Waals surface area contributed by atoms with E-state index in [9.17, 15) is 0 Å². The maximum atomic E-state index is 5.65. The molecule has 5 heteroatoms. The lowest BCUT2D eigenvalue weighted by Crippen LogP contribution is -2.38. The van der Waals surface area contributed by atoms with E-state index in [2.05, 4.69) is 50.3 Å². The molecule has 102 valence electrons. The maximum Gasteiger partial charge on any atom is 0.133 e. The fraction of sp³-hybridized carbons (Fsp3) is 0.286. The Hall–Kier alpha value is -0.880. The number of thiophene rings is 1. The average Bonchev–Trinajstić information content (AvgIpc) is 2.91. The Balaban J connectivity index is 2.03. The molecule has 0 saturated carbocycles. The van der Waals surface area contributed by atoms with Crippen LogP contribution in [0.1, 0.15) is 11.1 Å². The molecule has 0 fully saturated rings. The van der Waals surface area contributed by atoms with Crippen LogP contribution in [-0.2, 0) is 12.8 Å². The summed E-state index contributed by atoms with van der Waals surface area (Å²) in [5.41, 5.74) is 5.44. The first-order valence-corrected chi connectivity index (χ1v) is 7.76. The second kappa shape index (κ2) is 7.05. The number of rotatable bonds is 6. The summed E-state index contributed by atoms with van der Waals surface area (Å²) in [6.45, 7) is 0. The van der Waals surface area contributed by atoms with Gasteiger partial charge in [-0.2, -0.15) is 11.3 Å². The summed E-state index contributed by atoms with van der Waals surface area (Å²) < 4.78 is 6.20. The van der Waals surface area contributed by atoms with Gasteiger partial charge in [-0.25, -0.2) is 0 Å². The summed E-state index contributed by atoms with van der Waals surface area (Å²) in [6.07, 6.45) is 1.82. The molecule has 2 aromatic rings. The predicted octanol–water partition coefficient (Wildman–Crippen LogP) is 3.14. The van der Waals surface area contributed by atoms with Crippen LogP contribution in [0.4, 0.5) is 0 Å². The molecular formula is C14H17BrN2OS. The van der Waals surface area contributed by atoms with Gasteiger partial charge < -0.3 is 4.74 Å². The van der Waals surface area contributed by atoms with E-state index in [1.807, 2.05) is 6.07 Å². The second-order valence-corrected chi connectivity index (χ2v) is 6.01. The van der Waals surface area contributed by atoms with Crippen LogP contribution in [0.2, 0.25) is 0 Å². The lowest BCUT2D eigenvalue weighted by Gasteiger charge is -2.16. The molecule has 1 atom stereocenters. The van der Waals surface area contributed by atoms with Crippen molar-refractivity contribution in [3.8, 4) is 5.75 Å². The van der Waals surface area contributed by atoms with Gasteiger partial charge in [0.05, 0.1) is 11.6 Å². The van der Waals surface area contributed by atoms with E-state index in [0.717, 1.165) is 23.1 Å². The summed E-state index contributed by atoms with van der Waals surface area (Å²) in [5, 5.41) is 4.25. The highest BCUT2D eigenvalue weighted by molar-refractivity contribution is 9.10. The first-order chi connectivity index (χ1) is 9.22. The van der Waals surface area contributed by atoms with E-state index in [1.54, 1.807) is 18.4 Å². The molecule has 0 amide bonds. The van der Waals surface area contributed by atoms with Crippen molar-refractivity contribution in [3.63, 3.8) is 0 Å². The fourth-order valence-electron chi connectivity index (χ4n) is 2.00. The summed E-state index contributed by atoms with van der Waals surface area (Å²) in [4.78, 5) is 0. The van der Waals surface area contributed by atoms with Crippen molar-refractivity contribution in [3.05, 3.63) is 50.6 Å². The molecule has 0 saturated heterocycles. The standard InChI is InChI=1S/C14H17BrN2OS/c1-18-14-3-2-10(8-13(14)15)6-12(17-16)7-11-4-5-19-9-11/h2-5,8-9,12,17H,6-7,16H2,1H3. The van der Waals surface area contributed by atoms with Crippen molar-refractivity contribution in [1.82, 2.24) is 5.43 Å². The maximum absolute atomic E-state index is 5.65. The summed E-state index contributed by atoms with van der Waals surface area (Å²) in [5.74, 6) is 6.49. The van der Waals surface area contributed by atoms with E-state index >= 15 is 0 Å². The Morgan fingerprint density at radius 1 is 1.32 bits per heavy atom. The Bertz CT molecular complexity index is 516. The van der Waals surface area contributed by atoms with Gasteiger partial charge in [0, 0.05) is 6.04 Å². The number of ether oxygens (including phenoxy) is 1. The van der Waals surface area contributed by atoms with Crippen LogP contribution >= 0.6 is 27.3 Å². The molecule has 1 heterocycles. The quantitative estimate of drug-likeness (QED) is 0.627. The zero-order valence-corrected chi connectivity index (χ0v) is 13.1. The van der Waals surface area contributed by atoms with E-state index in [-0.39, 0.29) is 6.04 Å². The minimum atomic E-state index is 0.231. The molecule has 0 aliphatic rings. The van der Waals surface area contributed by atoms with E-state index in [4.69, 9.17) is 10.6 Å². The molecule has 1 unspecified atom stereocenters. The number of nitrogens with two attached hydrogens (primary N) is 1. The van der Waals surface area contributed by atoms with Crippen LogP contribution in [0, 0.1) is 0 Å². The summed E-state index contributed by atoms with van der Waals surface area (Å²) >= 11 is 5.22. The molecule has 0 aliphatic heterocycles. The van der Waals surface area contributed by atoms with Crippen LogP contribution in [0.15, 0.2) is 39.5 Å². The van der Waals surface area contributed by atoms with E-state index < -0.39 is 0 Å². The molecule has 2 rings (SSSR count). The Kier molecular flexibility index (Phi) is 5.39. The van der Waals surface area contributed by atoms with Crippen LogP contribution in [0.5, 0.6) is 5.75 Å². The molecule has 1 aromatic carbocycles. The number of benzene rings is 1. The summed E-state index contributed by atoms with van der Waals surface area (Å²) in [6, 6.07) is 8.49. The van der Waals surface area contributed by atoms with Gasteiger partial charge in [-0.3, -0.25) is 11.3 Å². The zero-order valence-electron chi connectivity index (χ0n) is 10.7.